The van der Waals surface area contributed by atoms with Crippen molar-refractivity contribution < 1.29 is 23.1 Å². The summed E-state index contributed by atoms with van der Waals surface area (Å²) in [5, 5.41) is 8.89. The van der Waals surface area contributed by atoms with Crippen molar-refractivity contribution in [2.24, 2.45) is 0 Å². The number of rotatable bonds is 7. The van der Waals surface area contributed by atoms with E-state index in [1.54, 1.807) is 0 Å². The van der Waals surface area contributed by atoms with E-state index in [2.05, 4.69) is 4.98 Å². The molecule has 0 fully saturated rings. The lowest BCUT2D eigenvalue weighted by molar-refractivity contribution is 0.0687. The third kappa shape index (κ3) is 3.96. The lowest BCUT2D eigenvalue weighted by atomic mass is 10.5. The Kier molecular flexibility index (Phi) is 5.41. The van der Waals surface area contributed by atoms with E-state index in [1.165, 1.54) is 12.6 Å². The molecule has 108 valence electrons. The average Bonchev–Trinajstić information content (AvgIpc) is 2.77. The van der Waals surface area contributed by atoms with Crippen molar-refractivity contribution in [3.63, 3.8) is 0 Å². The number of ether oxygens (including phenoxy) is 1. The van der Waals surface area contributed by atoms with Gasteiger partial charge in [-0.2, -0.15) is 4.31 Å². The van der Waals surface area contributed by atoms with Crippen LogP contribution in [-0.4, -0.2) is 55.1 Å². The first kappa shape index (κ1) is 16.0. The van der Waals surface area contributed by atoms with E-state index in [-0.39, 0.29) is 23.5 Å². The SMILES string of the molecule is CC(C)OCCN(C)S(=O)(=O)c1scnc1C(=O)O. The number of sulfonamides is 1. The van der Waals surface area contributed by atoms with Gasteiger partial charge in [-0.3, -0.25) is 0 Å². The maximum atomic E-state index is 12.2. The molecule has 0 aliphatic carbocycles. The Morgan fingerprint density at radius 1 is 1.58 bits per heavy atom. The molecular weight excluding hydrogens is 292 g/mol. The van der Waals surface area contributed by atoms with Crippen LogP contribution in [0.15, 0.2) is 9.72 Å². The molecule has 7 nitrogen and oxygen atoms in total. The molecule has 1 rings (SSSR count). The predicted molar refractivity (Wildman–Crippen MR) is 70.0 cm³/mol. The highest BCUT2D eigenvalue weighted by atomic mass is 32.2. The van der Waals surface area contributed by atoms with Gasteiger partial charge in [0.05, 0.1) is 18.2 Å². The normalized spacial score (nSPS) is 12.3. The molecule has 0 aromatic carbocycles. The van der Waals surface area contributed by atoms with Crippen LogP contribution in [0.1, 0.15) is 24.3 Å². The number of likely N-dealkylation sites (N-methyl/N-ethyl adjacent to an activating group) is 1. The molecule has 0 unspecified atom stereocenters. The summed E-state index contributed by atoms with van der Waals surface area (Å²) >= 11 is 0.791. The summed E-state index contributed by atoms with van der Waals surface area (Å²) in [4.78, 5) is 14.4. The molecule has 0 aliphatic rings. The fourth-order valence-electron chi connectivity index (χ4n) is 1.24. The van der Waals surface area contributed by atoms with Crippen molar-refractivity contribution in [3.8, 4) is 0 Å². The second-order valence-corrected chi connectivity index (χ2v) is 7.13. The van der Waals surface area contributed by atoms with Crippen LogP contribution in [0.5, 0.6) is 0 Å². The largest absolute Gasteiger partial charge is 0.476 e. The van der Waals surface area contributed by atoms with Crippen molar-refractivity contribution >= 4 is 27.3 Å². The molecule has 9 heteroatoms. The van der Waals surface area contributed by atoms with Gasteiger partial charge in [-0.15, -0.1) is 11.3 Å². The fraction of sp³-hybridized carbons (Fsp3) is 0.600. The van der Waals surface area contributed by atoms with Crippen LogP contribution in [0.25, 0.3) is 0 Å². The van der Waals surface area contributed by atoms with Crippen LogP contribution in [-0.2, 0) is 14.8 Å². The Balaban J connectivity index is 2.85. The number of carboxylic acid groups (broad SMARTS) is 1. The molecule has 0 atom stereocenters. The van der Waals surface area contributed by atoms with Gasteiger partial charge in [-0.25, -0.2) is 18.2 Å². The van der Waals surface area contributed by atoms with Crippen LogP contribution in [0.2, 0.25) is 0 Å². The second kappa shape index (κ2) is 6.42. The van der Waals surface area contributed by atoms with Gasteiger partial charge < -0.3 is 9.84 Å². The summed E-state index contributed by atoms with van der Waals surface area (Å²) in [5.41, 5.74) is 0.760. The number of hydrogen-bond acceptors (Lipinski definition) is 6. The number of hydrogen-bond donors (Lipinski definition) is 1. The van der Waals surface area contributed by atoms with Gasteiger partial charge in [-0.1, -0.05) is 0 Å². The first-order chi connectivity index (χ1) is 8.76. The van der Waals surface area contributed by atoms with Crippen LogP contribution >= 0.6 is 11.3 Å². The van der Waals surface area contributed by atoms with E-state index >= 15 is 0 Å². The molecule has 0 amide bonds. The zero-order valence-electron chi connectivity index (χ0n) is 10.9. The molecule has 0 saturated heterocycles. The Morgan fingerprint density at radius 3 is 2.74 bits per heavy atom. The van der Waals surface area contributed by atoms with Gasteiger partial charge >= 0.3 is 5.97 Å². The zero-order valence-corrected chi connectivity index (χ0v) is 12.5. The number of nitrogens with zero attached hydrogens (tertiary/aromatic N) is 2. The maximum Gasteiger partial charge on any atom is 0.356 e. The second-order valence-electron chi connectivity index (χ2n) is 4.04. The Bertz CT molecular complexity index is 538. The molecule has 0 aliphatic heterocycles. The van der Waals surface area contributed by atoms with Crippen LogP contribution < -0.4 is 0 Å². The average molecular weight is 308 g/mol. The van der Waals surface area contributed by atoms with E-state index in [1.807, 2.05) is 13.8 Å². The van der Waals surface area contributed by atoms with Crippen molar-refractivity contribution in [2.45, 2.75) is 24.2 Å². The van der Waals surface area contributed by atoms with Gasteiger partial charge in [0, 0.05) is 13.6 Å². The Morgan fingerprint density at radius 2 is 2.21 bits per heavy atom. The highest BCUT2D eigenvalue weighted by molar-refractivity contribution is 7.91. The zero-order chi connectivity index (χ0) is 14.6. The molecule has 0 bridgehead atoms. The smallest absolute Gasteiger partial charge is 0.356 e. The highest BCUT2D eigenvalue weighted by Crippen LogP contribution is 2.23. The molecule has 1 N–H and O–H groups in total. The fourth-order valence-corrected chi connectivity index (χ4v) is 3.72. The number of aromatic carboxylic acids is 1. The van der Waals surface area contributed by atoms with E-state index in [0.29, 0.717) is 0 Å². The third-order valence-electron chi connectivity index (χ3n) is 2.24. The highest BCUT2D eigenvalue weighted by Gasteiger charge is 2.29. The molecule has 1 aromatic rings. The van der Waals surface area contributed by atoms with Gasteiger partial charge in [0.25, 0.3) is 10.0 Å². The lowest BCUT2D eigenvalue weighted by Crippen LogP contribution is -2.31. The number of thiazole rings is 1. The summed E-state index contributed by atoms with van der Waals surface area (Å²) in [6.45, 7) is 4.09. The van der Waals surface area contributed by atoms with E-state index in [0.717, 1.165) is 15.6 Å². The summed E-state index contributed by atoms with van der Waals surface area (Å²) in [6, 6.07) is 0. The quantitative estimate of drug-likeness (QED) is 0.803. The van der Waals surface area contributed by atoms with Crippen molar-refractivity contribution in [1.29, 1.82) is 0 Å². The number of carboxylic acids is 1. The molecule has 0 saturated carbocycles. The minimum atomic E-state index is -3.84. The summed E-state index contributed by atoms with van der Waals surface area (Å²) in [5.74, 6) is -1.35. The van der Waals surface area contributed by atoms with Gasteiger partial charge in [-0.05, 0) is 13.8 Å². The lowest BCUT2D eigenvalue weighted by Gasteiger charge is -2.17. The topological polar surface area (TPSA) is 96.8 Å². The molecule has 0 radical (unpaired) electrons. The number of aromatic nitrogens is 1. The van der Waals surface area contributed by atoms with Crippen molar-refractivity contribution in [1.82, 2.24) is 9.29 Å². The molecular formula is C10H16N2O5S2. The Labute approximate surface area is 115 Å². The first-order valence-electron chi connectivity index (χ1n) is 5.51. The molecule has 1 aromatic heterocycles. The third-order valence-corrected chi connectivity index (χ3v) is 5.44. The van der Waals surface area contributed by atoms with Crippen LogP contribution in [0, 0.1) is 0 Å². The standard InChI is InChI=1S/C10H16N2O5S2/c1-7(2)17-5-4-12(3)19(15,16)10-8(9(13)14)11-6-18-10/h6-7H,4-5H2,1-3H3,(H,13,14). The summed E-state index contributed by atoms with van der Waals surface area (Å²) < 4.78 is 30.4. The molecule has 19 heavy (non-hydrogen) atoms. The first-order valence-corrected chi connectivity index (χ1v) is 7.83. The van der Waals surface area contributed by atoms with Crippen LogP contribution in [0.4, 0.5) is 0 Å². The minimum Gasteiger partial charge on any atom is -0.476 e. The van der Waals surface area contributed by atoms with Crippen molar-refractivity contribution in [2.75, 3.05) is 20.2 Å². The van der Waals surface area contributed by atoms with E-state index < -0.39 is 21.7 Å². The van der Waals surface area contributed by atoms with Crippen LogP contribution in [0.3, 0.4) is 0 Å². The maximum absolute atomic E-state index is 12.2. The molecule has 0 spiro atoms. The predicted octanol–water partition coefficient (Wildman–Crippen LogP) is 0.887. The van der Waals surface area contributed by atoms with Crippen molar-refractivity contribution in [3.05, 3.63) is 11.2 Å². The van der Waals surface area contributed by atoms with Gasteiger partial charge in [0.2, 0.25) is 0 Å². The number of carbonyl (C=O) groups is 1. The van der Waals surface area contributed by atoms with E-state index in [4.69, 9.17) is 9.84 Å². The molecule has 1 heterocycles. The Hall–Kier alpha value is -1.03. The van der Waals surface area contributed by atoms with Gasteiger partial charge in [0.15, 0.2) is 9.90 Å². The minimum absolute atomic E-state index is 0.00842. The summed E-state index contributed by atoms with van der Waals surface area (Å²) in [6.07, 6.45) is 0.00842. The van der Waals surface area contributed by atoms with E-state index in [9.17, 15) is 13.2 Å². The monoisotopic (exact) mass is 308 g/mol. The van der Waals surface area contributed by atoms with Gasteiger partial charge in [0.1, 0.15) is 0 Å². The summed E-state index contributed by atoms with van der Waals surface area (Å²) in [7, 11) is -2.46.